The molecule has 158 valence electrons. The first-order chi connectivity index (χ1) is 15.0. The fraction of sp³-hybridized carbons (Fsp3) is 0.217. The fourth-order valence-electron chi connectivity index (χ4n) is 3.05. The highest BCUT2D eigenvalue weighted by molar-refractivity contribution is 7.99. The molecule has 0 N–H and O–H groups in total. The number of carbonyl (C=O) groups excluding carboxylic acids is 1. The lowest BCUT2D eigenvalue weighted by Crippen LogP contribution is -2.33. The minimum Gasteiger partial charge on any atom is -0.311 e. The van der Waals surface area contributed by atoms with Crippen molar-refractivity contribution >= 4 is 35.0 Å². The predicted octanol–water partition coefficient (Wildman–Crippen LogP) is 5.13. The third-order valence-corrected chi connectivity index (χ3v) is 5.96. The van der Waals surface area contributed by atoms with Crippen LogP contribution in [0, 0.1) is 18.3 Å². The van der Waals surface area contributed by atoms with Gasteiger partial charge in [0, 0.05) is 29.4 Å². The molecule has 6 nitrogen and oxygen atoms in total. The van der Waals surface area contributed by atoms with E-state index in [0.717, 1.165) is 22.6 Å². The Morgan fingerprint density at radius 3 is 2.74 bits per heavy atom. The van der Waals surface area contributed by atoms with Gasteiger partial charge in [0.15, 0.2) is 11.0 Å². The summed E-state index contributed by atoms with van der Waals surface area (Å²) in [5.41, 5.74) is 2.54. The van der Waals surface area contributed by atoms with Crippen molar-refractivity contribution in [1.82, 2.24) is 14.8 Å². The Hall–Kier alpha value is -3.08. The number of halogens is 1. The summed E-state index contributed by atoms with van der Waals surface area (Å²) >= 11 is 7.44. The highest BCUT2D eigenvalue weighted by Gasteiger charge is 2.19. The Morgan fingerprint density at radius 2 is 2.06 bits per heavy atom. The maximum Gasteiger partial charge on any atom is 0.237 e. The molecule has 0 radical (unpaired) electrons. The summed E-state index contributed by atoms with van der Waals surface area (Å²) in [7, 11) is 0. The minimum atomic E-state index is -0.114. The van der Waals surface area contributed by atoms with Crippen LogP contribution >= 0.6 is 23.4 Å². The van der Waals surface area contributed by atoms with E-state index in [9.17, 15) is 4.79 Å². The highest BCUT2D eigenvalue weighted by atomic mass is 35.5. The summed E-state index contributed by atoms with van der Waals surface area (Å²) in [6.45, 7) is 6.55. The van der Waals surface area contributed by atoms with Gasteiger partial charge in [0.25, 0.3) is 0 Å². The zero-order valence-corrected chi connectivity index (χ0v) is 18.7. The summed E-state index contributed by atoms with van der Waals surface area (Å²) < 4.78 is 1.94. The molecule has 8 heteroatoms. The van der Waals surface area contributed by atoms with Crippen LogP contribution in [0.3, 0.4) is 0 Å². The van der Waals surface area contributed by atoms with E-state index >= 15 is 0 Å². The first kappa shape index (κ1) is 22.6. The molecule has 1 amide bonds. The Balaban J connectivity index is 1.80. The monoisotopic (exact) mass is 451 g/mol. The molecule has 0 saturated heterocycles. The molecule has 1 heterocycles. The Kier molecular flexibility index (Phi) is 7.88. The number of amides is 1. The van der Waals surface area contributed by atoms with Gasteiger partial charge in [0.05, 0.1) is 18.2 Å². The molecule has 1 aromatic heterocycles. The van der Waals surface area contributed by atoms with Crippen molar-refractivity contribution in [2.24, 2.45) is 0 Å². The van der Waals surface area contributed by atoms with Gasteiger partial charge in [-0.1, -0.05) is 59.8 Å². The summed E-state index contributed by atoms with van der Waals surface area (Å²) in [4.78, 5) is 14.7. The molecular weight excluding hydrogens is 430 g/mol. The average molecular weight is 452 g/mol. The summed E-state index contributed by atoms with van der Waals surface area (Å²) in [5.74, 6) is 0.776. The molecule has 0 aliphatic carbocycles. The third-order valence-electron chi connectivity index (χ3n) is 4.59. The largest absolute Gasteiger partial charge is 0.311 e. The molecule has 0 bridgehead atoms. The van der Waals surface area contributed by atoms with Crippen molar-refractivity contribution in [2.75, 3.05) is 17.2 Å². The van der Waals surface area contributed by atoms with Gasteiger partial charge >= 0.3 is 0 Å². The molecule has 0 fully saturated rings. The van der Waals surface area contributed by atoms with Crippen LogP contribution in [-0.2, 0) is 11.3 Å². The Morgan fingerprint density at radius 1 is 1.29 bits per heavy atom. The van der Waals surface area contributed by atoms with Crippen LogP contribution < -0.4 is 4.90 Å². The molecule has 0 atom stereocenters. The van der Waals surface area contributed by atoms with E-state index in [-0.39, 0.29) is 18.1 Å². The van der Waals surface area contributed by atoms with Crippen LogP contribution in [0.15, 0.2) is 66.3 Å². The zero-order chi connectivity index (χ0) is 22.2. The van der Waals surface area contributed by atoms with E-state index in [0.29, 0.717) is 23.3 Å². The number of aromatic nitrogens is 3. The van der Waals surface area contributed by atoms with E-state index < -0.39 is 0 Å². The number of thioether (sulfide) groups is 1. The van der Waals surface area contributed by atoms with Crippen LogP contribution in [0.25, 0.3) is 11.4 Å². The normalized spacial score (nSPS) is 10.5. The van der Waals surface area contributed by atoms with Crippen LogP contribution in [0.2, 0.25) is 5.02 Å². The zero-order valence-electron chi connectivity index (χ0n) is 17.2. The Bertz CT molecular complexity index is 1110. The number of allylic oxidation sites excluding steroid dienone is 1. The number of benzene rings is 2. The number of hydrogen-bond acceptors (Lipinski definition) is 5. The van der Waals surface area contributed by atoms with Crippen LogP contribution in [0.5, 0.6) is 0 Å². The maximum atomic E-state index is 13.1. The van der Waals surface area contributed by atoms with Crippen LogP contribution in [0.4, 0.5) is 5.69 Å². The lowest BCUT2D eigenvalue weighted by atomic mass is 10.2. The molecule has 0 saturated carbocycles. The molecule has 31 heavy (non-hydrogen) atoms. The second kappa shape index (κ2) is 10.8. The van der Waals surface area contributed by atoms with Crippen LogP contribution in [0.1, 0.15) is 12.0 Å². The lowest BCUT2D eigenvalue weighted by molar-refractivity contribution is -0.116. The molecule has 3 aromatic rings. The number of anilines is 1. The SMILES string of the molecule is C=CCn1c(SCC(=O)N(CCC#N)c2ccc(Cl)c(C)c2)nnc1-c1ccccc1. The first-order valence-corrected chi connectivity index (χ1v) is 11.1. The second-order valence-electron chi connectivity index (χ2n) is 6.75. The predicted molar refractivity (Wildman–Crippen MR) is 125 cm³/mol. The minimum absolute atomic E-state index is 0.114. The fourth-order valence-corrected chi connectivity index (χ4v) is 3.99. The number of carbonyl (C=O) groups is 1. The van der Waals surface area contributed by atoms with E-state index in [4.69, 9.17) is 16.9 Å². The van der Waals surface area contributed by atoms with E-state index in [1.54, 1.807) is 23.1 Å². The first-order valence-electron chi connectivity index (χ1n) is 9.71. The average Bonchev–Trinajstić information content (AvgIpc) is 3.18. The van der Waals surface area contributed by atoms with Gasteiger partial charge < -0.3 is 4.90 Å². The summed E-state index contributed by atoms with van der Waals surface area (Å²) in [6, 6.07) is 17.3. The number of hydrogen-bond donors (Lipinski definition) is 0. The molecule has 0 aliphatic rings. The van der Waals surface area contributed by atoms with Crippen molar-refractivity contribution < 1.29 is 4.79 Å². The molecule has 0 spiro atoms. The van der Waals surface area contributed by atoms with E-state index in [2.05, 4.69) is 22.8 Å². The van der Waals surface area contributed by atoms with Crippen molar-refractivity contribution in [3.05, 3.63) is 71.8 Å². The number of nitriles is 1. The topological polar surface area (TPSA) is 74.8 Å². The third kappa shape index (κ3) is 5.54. The smallest absolute Gasteiger partial charge is 0.237 e. The van der Waals surface area contributed by atoms with E-state index in [1.165, 1.54) is 11.8 Å². The van der Waals surface area contributed by atoms with Gasteiger partial charge in [-0.3, -0.25) is 9.36 Å². The second-order valence-corrected chi connectivity index (χ2v) is 8.10. The summed E-state index contributed by atoms with van der Waals surface area (Å²) in [5, 5.41) is 18.9. The van der Waals surface area contributed by atoms with Gasteiger partial charge in [-0.05, 0) is 30.7 Å². The molecule has 3 rings (SSSR count). The molecule has 0 aliphatic heterocycles. The van der Waals surface area contributed by atoms with Gasteiger partial charge in [-0.2, -0.15) is 5.26 Å². The van der Waals surface area contributed by atoms with Gasteiger partial charge in [0.1, 0.15) is 0 Å². The van der Waals surface area contributed by atoms with Gasteiger partial charge in [-0.15, -0.1) is 16.8 Å². The maximum absolute atomic E-state index is 13.1. The highest BCUT2D eigenvalue weighted by Crippen LogP contribution is 2.26. The number of nitrogens with zero attached hydrogens (tertiary/aromatic N) is 5. The van der Waals surface area contributed by atoms with Crippen molar-refractivity contribution in [3.63, 3.8) is 0 Å². The van der Waals surface area contributed by atoms with E-state index in [1.807, 2.05) is 47.9 Å². The number of aryl methyl sites for hydroxylation is 1. The lowest BCUT2D eigenvalue weighted by Gasteiger charge is -2.22. The standard InChI is InChI=1S/C23H22ClN5OS/c1-3-13-29-22(18-8-5-4-6-9-18)26-27-23(29)31-16-21(30)28(14-7-12-25)19-10-11-20(24)17(2)15-19/h3-6,8-11,15H,1,7,13-14,16H2,2H3. The van der Waals surface area contributed by atoms with Crippen molar-refractivity contribution in [1.29, 1.82) is 5.26 Å². The molecular formula is C23H22ClN5OS. The summed E-state index contributed by atoms with van der Waals surface area (Å²) in [6.07, 6.45) is 2.01. The Labute approximate surface area is 191 Å². The number of rotatable bonds is 9. The quantitative estimate of drug-likeness (QED) is 0.333. The van der Waals surface area contributed by atoms with Crippen molar-refractivity contribution in [2.45, 2.75) is 25.0 Å². The van der Waals surface area contributed by atoms with Crippen molar-refractivity contribution in [3.8, 4) is 17.5 Å². The molecule has 2 aromatic carbocycles. The van der Waals surface area contributed by atoms with Crippen LogP contribution in [-0.4, -0.2) is 33.0 Å². The van der Waals surface area contributed by atoms with Gasteiger partial charge in [-0.25, -0.2) is 0 Å². The van der Waals surface area contributed by atoms with Gasteiger partial charge in [0.2, 0.25) is 5.91 Å². The molecule has 0 unspecified atom stereocenters.